The molecule has 144 heavy (non-hydrogen) atoms. The number of primary amides is 1. The lowest BCUT2D eigenvalue weighted by Crippen LogP contribution is -2.61. The van der Waals surface area contributed by atoms with Crippen LogP contribution in [0.25, 0.3) is 0 Å². The molecule has 4 aliphatic heterocycles. The molecule has 17 amide bonds. The molecule has 40 heteroatoms. The lowest BCUT2D eigenvalue weighted by Gasteiger charge is -2.39. The van der Waals surface area contributed by atoms with Gasteiger partial charge in [0.15, 0.2) is 0 Å². The molecule has 4 aliphatic rings. The second kappa shape index (κ2) is 58.0. The van der Waals surface area contributed by atoms with Gasteiger partial charge < -0.3 is 124 Å². The Balaban J connectivity index is 0.821. The predicted molar refractivity (Wildman–Crippen MR) is 538 cm³/mol. The lowest BCUT2D eigenvalue weighted by molar-refractivity contribution is -0.146. The van der Waals surface area contributed by atoms with Gasteiger partial charge in [-0.2, -0.15) is 0 Å². The number of hydrogen-bond donors (Lipinski definition) is 19. The molecule has 0 aliphatic carbocycles. The second-order valence-electron chi connectivity index (χ2n) is 37.1. The van der Waals surface area contributed by atoms with Crippen molar-refractivity contribution in [2.45, 2.75) is 260 Å². The number of rotatable bonds is 56. The minimum atomic E-state index is -1.40. The monoisotopic (exact) mass is 1990 g/mol. The first-order chi connectivity index (χ1) is 69.5. The summed E-state index contributed by atoms with van der Waals surface area (Å²) in [5, 5.41) is 32.9. The average molecular weight is 1990 g/mol. The summed E-state index contributed by atoms with van der Waals surface area (Å²) in [5.74, 6) is -12.1. The molecule has 0 unspecified atom stereocenters. The van der Waals surface area contributed by atoms with Crippen LogP contribution in [-0.2, 0) is 146 Å². The summed E-state index contributed by atoms with van der Waals surface area (Å²) in [6, 6.07) is 31.3. The van der Waals surface area contributed by atoms with Crippen LogP contribution >= 0.6 is 0 Å². The van der Waals surface area contributed by atoms with E-state index in [4.69, 9.17) is 40.1 Å². The number of nitrogens with zero attached hydrogens (tertiary/aromatic N) is 4. The Morgan fingerprint density at radius 3 is 0.771 bits per heavy atom. The quantitative estimate of drug-likeness (QED) is 0.0202. The third kappa shape index (κ3) is 33.6. The molecule has 0 aromatic heterocycles. The highest BCUT2D eigenvalue weighted by atomic mass is 16.2. The molecule has 40 nitrogen and oxygen atoms in total. The van der Waals surface area contributed by atoms with Crippen LogP contribution in [0.5, 0.6) is 0 Å². The van der Waals surface area contributed by atoms with E-state index in [0.717, 1.165) is 22.3 Å². The number of nitrogens with two attached hydrogens (primary N) is 7. The summed E-state index contributed by atoms with van der Waals surface area (Å²) >= 11 is 0. The van der Waals surface area contributed by atoms with Crippen molar-refractivity contribution in [1.82, 2.24) is 83.4 Å². The van der Waals surface area contributed by atoms with Gasteiger partial charge in [-0.1, -0.05) is 158 Å². The zero-order valence-electron chi connectivity index (χ0n) is 82.1. The number of carbonyl (C=O) groups excluding carboxylic acids is 17. The largest absolute Gasteiger partial charge is 0.368 e. The van der Waals surface area contributed by atoms with Crippen molar-refractivity contribution in [2.24, 2.45) is 40.1 Å². The summed E-state index contributed by atoms with van der Waals surface area (Å²) in [6.45, 7) is -0.0440. The molecule has 0 bridgehead atoms. The van der Waals surface area contributed by atoms with Crippen molar-refractivity contribution in [3.63, 3.8) is 0 Å². The van der Waals surface area contributed by atoms with Gasteiger partial charge in [-0.25, -0.2) is 0 Å². The maximum absolute atomic E-state index is 15.7. The van der Waals surface area contributed by atoms with E-state index >= 15 is 24.0 Å². The zero-order chi connectivity index (χ0) is 104. The highest BCUT2D eigenvalue weighted by Crippen LogP contribution is 2.31. The van der Waals surface area contributed by atoms with Crippen LogP contribution in [-0.4, -0.2) is 258 Å². The van der Waals surface area contributed by atoms with Crippen LogP contribution in [0.2, 0.25) is 0 Å². The summed E-state index contributed by atoms with van der Waals surface area (Å²) in [7, 11) is 0. The fraction of sp³-hybridized carbons (Fsp3) is 0.490. The van der Waals surface area contributed by atoms with E-state index in [1.165, 1.54) is 26.5 Å². The van der Waals surface area contributed by atoms with Crippen LogP contribution in [0.4, 0.5) is 0 Å². The zero-order valence-corrected chi connectivity index (χ0v) is 82.1. The molecule has 0 radical (unpaired) electrons. The molecule has 12 atom stereocenters. The molecule has 0 spiro atoms. The summed E-state index contributed by atoms with van der Waals surface area (Å²) in [5.41, 5.74) is 48.1. The molecular weight excluding hydrogens is 1840 g/mol. The maximum atomic E-state index is 15.7. The smallest absolute Gasteiger partial charge is 0.246 e. The van der Waals surface area contributed by atoms with Crippen LogP contribution < -0.4 is 104 Å². The van der Waals surface area contributed by atoms with Crippen molar-refractivity contribution in [2.75, 3.05) is 65.4 Å². The minimum Gasteiger partial charge on any atom is -0.368 e. The SMILES string of the molecule is CC(=O)NCC(=O)N[C@@H](Cc1ccccc1)C(=O)N1Cc2ccccc2C[C@H]1C(=O)NCC(=O)N[C@@H](CCCCN)C(=O)N1Cc2ccccc2C[C@H]1C(=O)NCC(=O)N[C@@H](Cc1ccccc1)C(=O)N1Cc2ccccc2C[C@H]1C(=O)NCC(=O)N[C@H](CCCCN)C(=O)N1Cc2ccccc2C[C@H]1C(=O)N[C@@H](CCCCN)C(=O)N[C@@H](CCCCN)C(=O)N[C@@H](CCCCN)C(=O)N[C@@H](CCCCN)C(N)=O. The van der Waals surface area contributed by atoms with Crippen molar-refractivity contribution in [3.8, 4) is 0 Å². The Kier molecular flexibility index (Phi) is 45.1. The van der Waals surface area contributed by atoms with Crippen molar-refractivity contribution in [3.05, 3.63) is 213 Å². The highest BCUT2D eigenvalue weighted by molar-refractivity contribution is 6.01. The summed E-state index contributed by atoms with van der Waals surface area (Å²) < 4.78 is 0. The Labute approximate surface area is 839 Å². The van der Waals surface area contributed by atoms with Gasteiger partial charge in [0.25, 0.3) is 0 Å². The molecule has 0 saturated heterocycles. The van der Waals surface area contributed by atoms with Gasteiger partial charge >= 0.3 is 0 Å². The molecule has 6 aromatic carbocycles. The van der Waals surface area contributed by atoms with Crippen LogP contribution in [0.3, 0.4) is 0 Å². The number of unbranched alkanes of at least 4 members (excludes halogenated alkanes) is 6. The summed E-state index contributed by atoms with van der Waals surface area (Å²) in [4.78, 5) is 251. The first-order valence-electron chi connectivity index (χ1n) is 50.1. The van der Waals surface area contributed by atoms with Gasteiger partial charge in [0.2, 0.25) is 100 Å². The van der Waals surface area contributed by atoms with Gasteiger partial charge in [-0.05, 0) is 210 Å². The van der Waals surface area contributed by atoms with Crippen LogP contribution in [0.15, 0.2) is 158 Å². The average Bonchev–Trinajstić information content (AvgIpc) is 0.793. The molecule has 0 fully saturated rings. The number of carbonyl (C=O) groups is 17. The van der Waals surface area contributed by atoms with Gasteiger partial charge in [0.1, 0.15) is 72.5 Å². The number of amides is 17. The number of benzene rings is 6. The standard InChI is InChI=1S/C104H143N23O17/c1-66(128)112-58-89(129)118-83(52-67-28-4-2-5-29-67)103(143)125-63-74-37-13-9-33-70(74)55-86(125)98(138)113-59-90(130)116-81(44-20-26-50-109)101(141)124-62-73-36-12-8-32-69(73)54-85(124)97(137)115-61-92(132)119-84(53-68-30-6-3-7-31-68)104(144)126-64-75-38-14-10-34-71(75)56-87(126)99(139)114-60-91(131)117-82(45-21-27-51-110)102(142)127-65-76-39-15-11-35-72(76)57-88(127)100(140)123-80(43-19-25-49-108)96(136)122-79(42-18-24-48-107)95(135)121-78(41-17-23-47-106)94(134)120-77(93(111)133)40-16-22-46-105/h2-15,28-39,77-88H,16-27,40-65,105-110H2,1H3,(H2,111,133)(H,112,128)(H,113,138)(H,114,139)(H,115,137)(H,116,130)(H,117,131)(H,118,129)(H,119,132)(H,120,134)(H,121,135)(H,122,136)(H,123,140)/t77-,78-,79-,80-,81-,82+,83-,84-,85-,86-,87-,88-/m0/s1. The van der Waals surface area contributed by atoms with Gasteiger partial charge in [-0.3, -0.25) is 81.5 Å². The van der Waals surface area contributed by atoms with Crippen LogP contribution in [0.1, 0.15) is 178 Å². The highest BCUT2D eigenvalue weighted by Gasteiger charge is 2.45. The predicted octanol–water partition coefficient (Wildman–Crippen LogP) is -1.09. The van der Waals surface area contributed by atoms with E-state index < -0.39 is 199 Å². The van der Waals surface area contributed by atoms with Gasteiger partial charge in [-0.15, -0.1) is 0 Å². The van der Waals surface area contributed by atoms with Crippen molar-refractivity contribution in [1.29, 1.82) is 0 Å². The van der Waals surface area contributed by atoms with Gasteiger partial charge in [0, 0.05) is 71.6 Å². The third-order valence-electron chi connectivity index (χ3n) is 26.4. The first-order valence-corrected chi connectivity index (χ1v) is 50.1. The van der Waals surface area contributed by atoms with E-state index in [1.807, 2.05) is 24.3 Å². The second-order valence-corrected chi connectivity index (χ2v) is 37.1. The topological polar surface area (TPSA) is 630 Å². The Bertz CT molecular complexity index is 5390. The van der Waals surface area contributed by atoms with E-state index in [2.05, 4.69) is 63.8 Å². The molecule has 10 rings (SSSR count). The Morgan fingerprint density at radius 2 is 0.493 bits per heavy atom. The van der Waals surface area contributed by atoms with E-state index in [1.54, 1.807) is 133 Å². The number of hydrogen-bond acceptors (Lipinski definition) is 23. The fourth-order valence-electron chi connectivity index (χ4n) is 18.5. The van der Waals surface area contributed by atoms with Gasteiger partial charge in [0.05, 0.1) is 26.2 Å². The molecular formula is C104H143N23O17. The summed E-state index contributed by atoms with van der Waals surface area (Å²) in [6.07, 6.45) is 5.45. The molecule has 776 valence electrons. The van der Waals surface area contributed by atoms with E-state index in [-0.39, 0.29) is 129 Å². The lowest BCUT2D eigenvalue weighted by atomic mass is 9.92. The molecule has 0 saturated carbocycles. The Morgan fingerprint density at radius 1 is 0.264 bits per heavy atom. The minimum absolute atomic E-state index is 0.0210. The Hall–Kier alpha value is -13.9. The molecule has 4 heterocycles. The van der Waals surface area contributed by atoms with Crippen molar-refractivity contribution >= 4 is 100 Å². The van der Waals surface area contributed by atoms with Crippen LogP contribution in [0, 0.1) is 0 Å². The third-order valence-corrected chi connectivity index (χ3v) is 26.4. The normalized spacial score (nSPS) is 16.7. The molecule has 26 N–H and O–H groups in total. The van der Waals surface area contributed by atoms with E-state index in [9.17, 15) is 57.5 Å². The van der Waals surface area contributed by atoms with E-state index in [0.29, 0.717) is 124 Å². The molecule has 6 aromatic rings. The van der Waals surface area contributed by atoms with Crippen molar-refractivity contribution < 1.29 is 81.5 Å². The first kappa shape index (κ1) is 112. The number of nitrogens with one attached hydrogen (secondary N) is 12. The maximum Gasteiger partial charge on any atom is 0.246 e. The fourth-order valence-corrected chi connectivity index (χ4v) is 18.5. The number of fused-ring (bicyclic) bond motifs is 4.